The van der Waals surface area contributed by atoms with Crippen LogP contribution in [0.2, 0.25) is 0 Å². The highest BCUT2D eigenvalue weighted by Crippen LogP contribution is 2.19. The van der Waals surface area contributed by atoms with E-state index in [-0.39, 0.29) is 5.91 Å². The summed E-state index contributed by atoms with van der Waals surface area (Å²) in [5.41, 5.74) is 2.17. The summed E-state index contributed by atoms with van der Waals surface area (Å²) in [5.74, 6) is 0.141. The van der Waals surface area contributed by atoms with Gasteiger partial charge in [0.25, 0.3) is 0 Å². The Morgan fingerprint density at radius 1 is 1.09 bits per heavy atom. The summed E-state index contributed by atoms with van der Waals surface area (Å²) in [4.78, 5) is 11.3. The molecule has 1 amide bonds. The lowest BCUT2D eigenvalue weighted by Gasteiger charge is -1.99. The van der Waals surface area contributed by atoms with E-state index in [0.29, 0.717) is 0 Å². The second-order valence-electron chi connectivity index (χ2n) is 2.99. The third kappa shape index (κ3) is 1.11. The standard InChI is InChI=1S/C8H12N2O/c11-8-6-3-5-9-7(6)2-1-4-10-8/h9H,1-5H2,(H,10,11). The minimum atomic E-state index is 0.141. The smallest absolute Gasteiger partial charge is 0.249 e. The van der Waals surface area contributed by atoms with Crippen LogP contribution in [0.1, 0.15) is 19.3 Å². The van der Waals surface area contributed by atoms with Crippen LogP contribution < -0.4 is 10.6 Å². The number of amides is 1. The Bertz CT molecular complexity index is 220. The molecule has 11 heavy (non-hydrogen) atoms. The Hall–Kier alpha value is -0.990. The lowest BCUT2D eigenvalue weighted by atomic mass is 10.1. The number of carbonyl (C=O) groups excluding carboxylic acids is 1. The molecule has 2 rings (SSSR count). The second kappa shape index (κ2) is 2.57. The highest BCUT2D eigenvalue weighted by molar-refractivity contribution is 5.94. The molecule has 0 aromatic carbocycles. The van der Waals surface area contributed by atoms with Crippen molar-refractivity contribution in [3.05, 3.63) is 11.3 Å². The zero-order chi connectivity index (χ0) is 7.68. The van der Waals surface area contributed by atoms with Gasteiger partial charge in [0, 0.05) is 24.4 Å². The molecule has 0 bridgehead atoms. The maximum atomic E-state index is 11.3. The summed E-state index contributed by atoms with van der Waals surface area (Å²) in [6.45, 7) is 1.77. The summed E-state index contributed by atoms with van der Waals surface area (Å²) in [5, 5.41) is 6.13. The van der Waals surface area contributed by atoms with Crippen molar-refractivity contribution >= 4 is 5.91 Å². The largest absolute Gasteiger partial charge is 0.388 e. The average Bonchev–Trinajstić information content (AvgIpc) is 2.40. The molecule has 0 aliphatic carbocycles. The molecule has 2 aliphatic rings. The topological polar surface area (TPSA) is 41.1 Å². The zero-order valence-electron chi connectivity index (χ0n) is 6.44. The van der Waals surface area contributed by atoms with Crippen molar-refractivity contribution in [2.75, 3.05) is 13.1 Å². The Morgan fingerprint density at radius 2 is 2.00 bits per heavy atom. The number of rotatable bonds is 0. The van der Waals surface area contributed by atoms with Crippen LogP contribution in [0.4, 0.5) is 0 Å². The van der Waals surface area contributed by atoms with Crippen LogP contribution in [-0.2, 0) is 4.79 Å². The first-order valence-electron chi connectivity index (χ1n) is 4.12. The fourth-order valence-corrected chi connectivity index (χ4v) is 1.66. The van der Waals surface area contributed by atoms with Gasteiger partial charge in [0.1, 0.15) is 0 Å². The quantitative estimate of drug-likeness (QED) is 0.518. The third-order valence-electron chi connectivity index (χ3n) is 2.24. The van der Waals surface area contributed by atoms with E-state index in [2.05, 4.69) is 10.6 Å². The summed E-state index contributed by atoms with van der Waals surface area (Å²) < 4.78 is 0. The molecule has 2 aliphatic heterocycles. The number of hydrogen-bond acceptors (Lipinski definition) is 2. The molecule has 0 aromatic heterocycles. The van der Waals surface area contributed by atoms with Gasteiger partial charge in [-0.15, -0.1) is 0 Å². The van der Waals surface area contributed by atoms with Gasteiger partial charge in [0.15, 0.2) is 0 Å². The van der Waals surface area contributed by atoms with E-state index in [0.717, 1.165) is 37.9 Å². The zero-order valence-corrected chi connectivity index (χ0v) is 6.44. The van der Waals surface area contributed by atoms with E-state index in [4.69, 9.17) is 0 Å². The Morgan fingerprint density at radius 3 is 2.91 bits per heavy atom. The first-order valence-corrected chi connectivity index (χ1v) is 4.12. The fourth-order valence-electron chi connectivity index (χ4n) is 1.66. The van der Waals surface area contributed by atoms with Crippen molar-refractivity contribution < 1.29 is 4.79 Å². The number of hydrogen-bond donors (Lipinski definition) is 2. The molecule has 0 atom stereocenters. The van der Waals surface area contributed by atoms with Crippen molar-refractivity contribution in [1.29, 1.82) is 0 Å². The molecule has 60 valence electrons. The van der Waals surface area contributed by atoms with E-state index < -0.39 is 0 Å². The van der Waals surface area contributed by atoms with Gasteiger partial charge in [-0.2, -0.15) is 0 Å². The monoisotopic (exact) mass is 152 g/mol. The maximum absolute atomic E-state index is 11.3. The van der Waals surface area contributed by atoms with Crippen LogP contribution in [0.25, 0.3) is 0 Å². The lowest BCUT2D eigenvalue weighted by molar-refractivity contribution is -0.117. The van der Waals surface area contributed by atoms with E-state index in [9.17, 15) is 4.79 Å². The lowest BCUT2D eigenvalue weighted by Crippen LogP contribution is -2.24. The molecule has 0 unspecified atom stereocenters. The number of nitrogens with one attached hydrogen (secondary N) is 2. The van der Waals surface area contributed by atoms with Crippen molar-refractivity contribution in [1.82, 2.24) is 10.6 Å². The first kappa shape index (κ1) is 6.70. The van der Waals surface area contributed by atoms with Crippen molar-refractivity contribution in [3.63, 3.8) is 0 Å². The summed E-state index contributed by atoms with van der Waals surface area (Å²) in [6.07, 6.45) is 3.01. The van der Waals surface area contributed by atoms with Gasteiger partial charge in [-0.1, -0.05) is 0 Å². The molecule has 0 fully saturated rings. The van der Waals surface area contributed by atoms with E-state index >= 15 is 0 Å². The van der Waals surface area contributed by atoms with Gasteiger partial charge >= 0.3 is 0 Å². The molecule has 0 radical (unpaired) electrons. The third-order valence-corrected chi connectivity index (χ3v) is 2.24. The van der Waals surface area contributed by atoms with E-state index in [1.54, 1.807) is 0 Å². The first-order chi connectivity index (χ1) is 5.38. The normalized spacial score (nSPS) is 23.8. The molecule has 3 heteroatoms. The summed E-state index contributed by atoms with van der Waals surface area (Å²) in [7, 11) is 0. The van der Waals surface area contributed by atoms with Gasteiger partial charge in [-0.05, 0) is 19.3 Å². The van der Waals surface area contributed by atoms with Gasteiger partial charge < -0.3 is 10.6 Å². The van der Waals surface area contributed by atoms with Crippen molar-refractivity contribution in [2.45, 2.75) is 19.3 Å². The molecular formula is C8H12N2O. The molecule has 0 aromatic rings. The van der Waals surface area contributed by atoms with Crippen molar-refractivity contribution in [2.24, 2.45) is 0 Å². The van der Waals surface area contributed by atoms with Gasteiger partial charge in [0.05, 0.1) is 0 Å². The van der Waals surface area contributed by atoms with E-state index in [1.165, 1.54) is 5.70 Å². The van der Waals surface area contributed by atoms with Crippen molar-refractivity contribution in [3.8, 4) is 0 Å². The number of allylic oxidation sites excluding steroid dienone is 1. The highest BCUT2D eigenvalue weighted by atomic mass is 16.1. The fraction of sp³-hybridized carbons (Fsp3) is 0.625. The maximum Gasteiger partial charge on any atom is 0.249 e. The SMILES string of the molecule is O=C1NCCCC2=C1CCN2. The summed E-state index contributed by atoms with van der Waals surface area (Å²) >= 11 is 0. The van der Waals surface area contributed by atoms with Crippen LogP contribution in [-0.4, -0.2) is 19.0 Å². The Labute approximate surface area is 65.9 Å². The molecule has 2 N–H and O–H groups in total. The van der Waals surface area contributed by atoms with E-state index in [1.807, 2.05) is 0 Å². The number of carbonyl (C=O) groups is 1. The van der Waals surface area contributed by atoms with Crippen LogP contribution in [0.5, 0.6) is 0 Å². The second-order valence-corrected chi connectivity index (χ2v) is 2.99. The van der Waals surface area contributed by atoms with Gasteiger partial charge in [-0.25, -0.2) is 0 Å². The van der Waals surface area contributed by atoms with Gasteiger partial charge in [-0.3, -0.25) is 4.79 Å². The average molecular weight is 152 g/mol. The molecule has 2 heterocycles. The molecule has 0 spiro atoms. The molecular weight excluding hydrogens is 140 g/mol. The highest BCUT2D eigenvalue weighted by Gasteiger charge is 2.21. The minimum Gasteiger partial charge on any atom is -0.388 e. The predicted molar refractivity (Wildman–Crippen MR) is 41.9 cm³/mol. The van der Waals surface area contributed by atoms with Gasteiger partial charge in [0.2, 0.25) is 5.91 Å². The molecule has 0 saturated heterocycles. The van der Waals surface area contributed by atoms with Crippen LogP contribution in [0.3, 0.4) is 0 Å². The Kier molecular flexibility index (Phi) is 1.56. The van der Waals surface area contributed by atoms with Crippen LogP contribution in [0.15, 0.2) is 11.3 Å². The van der Waals surface area contributed by atoms with Crippen LogP contribution >= 0.6 is 0 Å². The minimum absolute atomic E-state index is 0.141. The summed E-state index contributed by atoms with van der Waals surface area (Å²) in [6, 6.07) is 0. The Balaban J connectivity index is 2.25. The van der Waals surface area contributed by atoms with Crippen LogP contribution in [0, 0.1) is 0 Å². The molecule has 3 nitrogen and oxygen atoms in total. The predicted octanol–water partition coefficient (Wildman–Crippen LogP) is 0.144. The molecule has 0 saturated carbocycles.